The van der Waals surface area contributed by atoms with E-state index in [0.29, 0.717) is 28.0 Å². The van der Waals surface area contributed by atoms with Gasteiger partial charge in [-0.3, -0.25) is 14.6 Å². The van der Waals surface area contributed by atoms with Crippen molar-refractivity contribution in [1.82, 2.24) is 9.88 Å². The van der Waals surface area contributed by atoms with Gasteiger partial charge in [-0.1, -0.05) is 47.2 Å². The Hall–Kier alpha value is -2.45. The van der Waals surface area contributed by atoms with Gasteiger partial charge in [0.15, 0.2) is 10.9 Å². The van der Waals surface area contributed by atoms with Gasteiger partial charge in [-0.05, 0) is 37.1 Å². The molecule has 0 N–H and O–H groups in total. The number of aryl methyl sites for hydroxylation is 1. The normalized spacial score (nSPS) is 14.9. The predicted octanol–water partition coefficient (Wildman–Crippen LogP) is 5.37. The van der Waals surface area contributed by atoms with E-state index in [9.17, 15) is 4.79 Å². The van der Waals surface area contributed by atoms with E-state index in [2.05, 4.69) is 4.90 Å². The summed E-state index contributed by atoms with van der Waals surface area (Å²) < 4.78 is 12.2. The van der Waals surface area contributed by atoms with Crippen LogP contribution in [0.4, 0.5) is 5.13 Å². The fourth-order valence-electron chi connectivity index (χ4n) is 3.99. The van der Waals surface area contributed by atoms with Crippen LogP contribution in [0.2, 0.25) is 5.02 Å². The number of benzene rings is 2. The van der Waals surface area contributed by atoms with E-state index in [1.54, 1.807) is 11.0 Å². The van der Waals surface area contributed by atoms with Crippen molar-refractivity contribution in [3.63, 3.8) is 0 Å². The molecule has 0 bridgehead atoms. The molecule has 0 aliphatic carbocycles. The van der Waals surface area contributed by atoms with Crippen LogP contribution in [0.3, 0.4) is 0 Å². The molecule has 1 amide bonds. The Morgan fingerprint density at radius 3 is 2.81 bits per heavy atom. The minimum Gasteiger partial charge on any atom is -0.451 e. The summed E-state index contributed by atoms with van der Waals surface area (Å²) in [7, 11) is 0. The molecule has 1 aliphatic rings. The fourth-order valence-corrected chi connectivity index (χ4v) is 5.33. The third-order valence-electron chi connectivity index (χ3n) is 5.76. The van der Waals surface area contributed by atoms with Crippen molar-refractivity contribution < 1.29 is 13.9 Å². The van der Waals surface area contributed by atoms with Gasteiger partial charge in [-0.15, -0.1) is 0 Å². The summed E-state index contributed by atoms with van der Waals surface area (Å²) >= 11 is 7.88. The lowest BCUT2D eigenvalue weighted by atomic mass is 10.2. The standard InChI is InChI=1S/C24H24ClN3O3S/c1-16-7-8-18(25)22-21(16)26-24(32-22)28(10-4-9-27-11-13-30-14-12-27)23(29)20-15-17-5-2-3-6-19(17)31-20/h2-3,5-8,15H,4,9-14H2,1H3. The first-order valence-corrected chi connectivity index (χ1v) is 12.0. The Balaban J connectivity index is 1.45. The molecule has 3 heterocycles. The summed E-state index contributed by atoms with van der Waals surface area (Å²) in [5.41, 5.74) is 2.58. The number of aromatic nitrogens is 1. The molecule has 2 aromatic carbocycles. The minimum atomic E-state index is -0.184. The highest BCUT2D eigenvalue weighted by molar-refractivity contribution is 7.23. The number of rotatable bonds is 6. The number of morpholine rings is 1. The Bertz CT molecular complexity index is 1190. The molecule has 1 aliphatic heterocycles. The number of halogens is 1. The number of para-hydroxylation sites is 1. The molecule has 0 unspecified atom stereocenters. The first kappa shape index (κ1) is 21.4. The van der Waals surface area contributed by atoms with E-state index in [1.807, 2.05) is 43.3 Å². The number of nitrogens with zero attached hydrogens (tertiary/aromatic N) is 3. The lowest BCUT2D eigenvalue weighted by molar-refractivity contribution is 0.0376. The number of amides is 1. The third-order valence-corrected chi connectivity index (χ3v) is 7.30. The molecular weight excluding hydrogens is 446 g/mol. The van der Waals surface area contributed by atoms with Crippen molar-refractivity contribution in [2.24, 2.45) is 0 Å². The highest BCUT2D eigenvalue weighted by Gasteiger charge is 2.25. The second-order valence-corrected chi connectivity index (χ2v) is 9.34. The van der Waals surface area contributed by atoms with Crippen molar-refractivity contribution in [2.75, 3.05) is 44.3 Å². The quantitative estimate of drug-likeness (QED) is 0.379. The molecule has 166 valence electrons. The number of thiazole rings is 1. The van der Waals surface area contributed by atoms with Crippen LogP contribution in [0.1, 0.15) is 22.5 Å². The second kappa shape index (κ2) is 9.19. The Morgan fingerprint density at radius 2 is 2.03 bits per heavy atom. The van der Waals surface area contributed by atoms with Crippen molar-refractivity contribution in [1.29, 1.82) is 0 Å². The molecule has 6 nitrogen and oxygen atoms in total. The van der Waals surface area contributed by atoms with E-state index in [1.165, 1.54) is 11.3 Å². The average Bonchev–Trinajstić information content (AvgIpc) is 3.45. The first-order valence-electron chi connectivity index (χ1n) is 10.8. The molecule has 0 spiro atoms. The van der Waals surface area contributed by atoms with Crippen molar-refractivity contribution >= 4 is 55.2 Å². The summed E-state index contributed by atoms with van der Waals surface area (Å²) in [5, 5.41) is 2.20. The van der Waals surface area contributed by atoms with Gasteiger partial charge in [-0.2, -0.15) is 0 Å². The number of hydrogen-bond donors (Lipinski definition) is 0. The molecule has 4 aromatic rings. The lowest BCUT2D eigenvalue weighted by Crippen LogP contribution is -2.39. The summed E-state index contributed by atoms with van der Waals surface area (Å²) in [5.74, 6) is 0.135. The van der Waals surface area contributed by atoms with Gasteiger partial charge in [0.05, 0.1) is 28.5 Å². The molecule has 0 atom stereocenters. The maximum atomic E-state index is 13.6. The smallest absolute Gasteiger partial charge is 0.295 e. The summed E-state index contributed by atoms with van der Waals surface area (Å²) in [6, 6.07) is 13.3. The SMILES string of the molecule is Cc1ccc(Cl)c2sc(N(CCCN3CCOCC3)C(=O)c3cc4ccccc4o3)nc12. The van der Waals surface area contributed by atoms with Crippen molar-refractivity contribution in [2.45, 2.75) is 13.3 Å². The molecular formula is C24H24ClN3O3S. The molecule has 5 rings (SSSR count). The Morgan fingerprint density at radius 1 is 1.22 bits per heavy atom. The minimum absolute atomic E-state index is 0.184. The topological polar surface area (TPSA) is 58.8 Å². The number of hydrogen-bond acceptors (Lipinski definition) is 6. The Kier molecular flexibility index (Phi) is 6.15. The zero-order chi connectivity index (χ0) is 22.1. The first-order chi connectivity index (χ1) is 15.6. The maximum absolute atomic E-state index is 13.6. The van der Waals surface area contributed by atoms with Crippen LogP contribution in [0.15, 0.2) is 46.9 Å². The van der Waals surface area contributed by atoms with E-state index in [4.69, 9.17) is 25.7 Å². The van der Waals surface area contributed by atoms with Gasteiger partial charge in [-0.25, -0.2) is 4.98 Å². The van der Waals surface area contributed by atoms with Crippen LogP contribution in [0, 0.1) is 6.92 Å². The second-order valence-electron chi connectivity index (χ2n) is 7.95. The van der Waals surface area contributed by atoms with Gasteiger partial charge in [0.2, 0.25) is 0 Å². The number of ether oxygens (including phenoxy) is 1. The lowest BCUT2D eigenvalue weighted by Gasteiger charge is -2.27. The van der Waals surface area contributed by atoms with Gasteiger partial charge >= 0.3 is 0 Å². The number of carbonyl (C=O) groups excluding carboxylic acids is 1. The molecule has 1 saturated heterocycles. The highest BCUT2D eigenvalue weighted by atomic mass is 35.5. The zero-order valence-electron chi connectivity index (χ0n) is 17.8. The van der Waals surface area contributed by atoms with E-state index >= 15 is 0 Å². The number of anilines is 1. The average molecular weight is 470 g/mol. The molecule has 1 fully saturated rings. The summed E-state index contributed by atoms with van der Waals surface area (Å²) in [6.45, 7) is 6.82. The maximum Gasteiger partial charge on any atom is 0.295 e. The number of furan rings is 1. The number of carbonyl (C=O) groups is 1. The van der Waals surface area contributed by atoms with Gasteiger partial charge < -0.3 is 9.15 Å². The molecule has 8 heteroatoms. The molecule has 0 saturated carbocycles. The van der Waals surface area contributed by atoms with Crippen LogP contribution >= 0.6 is 22.9 Å². The fraction of sp³-hybridized carbons (Fsp3) is 0.333. The van der Waals surface area contributed by atoms with Crippen molar-refractivity contribution in [3.8, 4) is 0 Å². The highest BCUT2D eigenvalue weighted by Crippen LogP contribution is 2.36. The van der Waals surface area contributed by atoms with Crippen LogP contribution in [0.5, 0.6) is 0 Å². The van der Waals surface area contributed by atoms with E-state index in [0.717, 1.165) is 60.4 Å². The van der Waals surface area contributed by atoms with Gasteiger partial charge in [0, 0.05) is 31.6 Å². The molecule has 0 radical (unpaired) electrons. The van der Waals surface area contributed by atoms with Crippen molar-refractivity contribution in [3.05, 3.63) is 58.8 Å². The number of fused-ring (bicyclic) bond motifs is 2. The van der Waals surface area contributed by atoms with Crippen LogP contribution < -0.4 is 4.90 Å². The van der Waals surface area contributed by atoms with Crippen LogP contribution in [-0.4, -0.2) is 55.2 Å². The third kappa shape index (κ3) is 4.26. The van der Waals surface area contributed by atoms with E-state index in [-0.39, 0.29) is 5.91 Å². The van der Waals surface area contributed by atoms with E-state index < -0.39 is 0 Å². The largest absolute Gasteiger partial charge is 0.451 e. The van der Waals surface area contributed by atoms with Crippen LogP contribution in [-0.2, 0) is 4.74 Å². The summed E-state index contributed by atoms with van der Waals surface area (Å²) in [4.78, 5) is 22.5. The zero-order valence-corrected chi connectivity index (χ0v) is 19.4. The Labute approximate surface area is 195 Å². The van der Waals surface area contributed by atoms with Gasteiger partial charge in [0.1, 0.15) is 5.58 Å². The molecule has 2 aromatic heterocycles. The van der Waals surface area contributed by atoms with Gasteiger partial charge in [0.25, 0.3) is 5.91 Å². The monoisotopic (exact) mass is 469 g/mol. The molecule has 32 heavy (non-hydrogen) atoms. The predicted molar refractivity (Wildman–Crippen MR) is 129 cm³/mol. The van der Waals surface area contributed by atoms with Crippen LogP contribution in [0.25, 0.3) is 21.2 Å². The summed E-state index contributed by atoms with van der Waals surface area (Å²) in [6.07, 6.45) is 0.828.